The zero-order chi connectivity index (χ0) is 21.5. The third-order valence-corrected chi connectivity index (χ3v) is 2.74. The van der Waals surface area contributed by atoms with Gasteiger partial charge in [-0.3, -0.25) is 10.7 Å². The highest BCUT2D eigenvalue weighted by atomic mass is 19.4. The van der Waals surface area contributed by atoms with Crippen molar-refractivity contribution in [2.75, 3.05) is 0 Å². The van der Waals surface area contributed by atoms with Gasteiger partial charge in [-0.2, -0.15) is 26.3 Å². The fraction of sp³-hybridized carbons (Fsp3) is 0.231. The molecule has 0 aliphatic rings. The number of nitrogens with one attached hydrogen (secondary N) is 1. The Kier molecular flexibility index (Phi) is 7.45. The molecule has 0 radical (unpaired) electrons. The van der Waals surface area contributed by atoms with E-state index in [2.05, 4.69) is 19.9 Å². The molecule has 154 valence electrons. The normalized spacial score (nSPS) is 12.2. The Bertz CT molecular complexity index is 833. The van der Waals surface area contributed by atoms with E-state index in [0.717, 1.165) is 12.1 Å². The van der Waals surface area contributed by atoms with Gasteiger partial charge in [-0.1, -0.05) is 11.2 Å². The first kappa shape index (κ1) is 22.8. The first-order valence-corrected chi connectivity index (χ1v) is 6.88. The minimum Gasteiger partial charge on any atom is -0.475 e. The average molecular weight is 415 g/mol. The summed E-state index contributed by atoms with van der Waals surface area (Å²) in [6, 6.07) is 4.27. The predicted octanol–water partition coefficient (Wildman–Crippen LogP) is 2.24. The maximum atomic E-state index is 12.6. The highest BCUT2D eigenvalue weighted by Gasteiger charge is 2.38. The van der Waals surface area contributed by atoms with Crippen LogP contribution >= 0.6 is 0 Å². The predicted molar refractivity (Wildman–Crippen MR) is 78.4 cm³/mol. The molecule has 1 heterocycles. The molecule has 0 fully saturated rings. The number of hydrogen-bond acceptors (Lipinski definition) is 7. The van der Waals surface area contributed by atoms with Crippen LogP contribution in [0, 0.1) is 0 Å². The van der Waals surface area contributed by atoms with Gasteiger partial charge < -0.3 is 10.8 Å². The Morgan fingerprint density at radius 3 is 2.29 bits per heavy atom. The molecule has 0 saturated heterocycles. The minimum absolute atomic E-state index is 0.0115. The van der Waals surface area contributed by atoms with Gasteiger partial charge in [0.1, 0.15) is 5.69 Å². The molecule has 0 unspecified atom stereocenters. The Balaban J connectivity index is 0.000000480. The van der Waals surface area contributed by atoms with E-state index in [1.807, 2.05) is 0 Å². The number of rotatable bonds is 3. The van der Waals surface area contributed by atoms with Crippen LogP contribution in [0.2, 0.25) is 0 Å². The molecular weight excluding hydrogens is 404 g/mol. The molecule has 1 aromatic heterocycles. The number of hydroxylamine groups is 1. The molecule has 2 aromatic rings. The lowest BCUT2D eigenvalue weighted by atomic mass is 10.2. The van der Waals surface area contributed by atoms with Crippen molar-refractivity contribution in [2.45, 2.75) is 18.9 Å². The molecule has 1 aromatic carbocycles. The standard InChI is InChI=1S/C11H10F3N5O2.C2HF3O2/c12-11(13,14)6-2-1-3-7(4-6)16-10(17-20)9-8(5-15)18-21-19-9;3-2(4,5)1(6)7/h1-4,20H,5,15H2,(H,16,17);(H,6,7). The van der Waals surface area contributed by atoms with Crippen LogP contribution in [0.25, 0.3) is 0 Å². The second-order valence-corrected chi connectivity index (χ2v) is 4.69. The van der Waals surface area contributed by atoms with E-state index in [4.69, 9.17) is 20.8 Å². The monoisotopic (exact) mass is 415 g/mol. The molecule has 0 saturated carbocycles. The van der Waals surface area contributed by atoms with Gasteiger partial charge in [0.15, 0.2) is 11.5 Å². The molecule has 15 heteroatoms. The molecular formula is C13H11F6N5O4. The Morgan fingerprint density at radius 2 is 1.82 bits per heavy atom. The fourth-order valence-corrected chi connectivity index (χ4v) is 1.53. The molecule has 0 atom stereocenters. The number of aromatic nitrogens is 2. The number of aliphatic carboxylic acids is 1. The third kappa shape index (κ3) is 6.51. The van der Waals surface area contributed by atoms with Gasteiger partial charge in [-0.25, -0.2) is 14.4 Å². The van der Waals surface area contributed by atoms with Gasteiger partial charge in [-0.15, -0.1) is 0 Å². The van der Waals surface area contributed by atoms with E-state index >= 15 is 0 Å². The molecule has 5 N–H and O–H groups in total. The average Bonchev–Trinajstić information content (AvgIpc) is 3.07. The number of benzene rings is 1. The second kappa shape index (κ2) is 9.14. The summed E-state index contributed by atoms with van der Waals surface area (Å²) >= 11 is 0. The summed E-state index contributed by atoms with van der Waals surface area (Å²) in [5, 5.41) is 23.1. The van der Waals surface area contributed by atoms with Crippen molar-refractivity contribution < 1.29 is 46.1 Å². The smallest absolute Gasteiger partial charge is 0.475 e. The largest absolute Gasteiger partial charge is 0.490 e. The summed E-state index contributed by atoms with van der Waals surface area (Å²) in [7, 11) is 0. The number of nitrogens with zero attached hydrogens (tertiary/aromatic N) is 3. The van der Waals surface area contributed by atoms with Crippen molar-refractivity contribution in [3.8, 4) is 0 Å². The summed E-state index contributed by atoms with van der Waals surface area (Å²) < 4.78 is 74.0. The van der Waals surface area contributed by atoms with Crippen LogP contribution in [0.4, 0.5) is 32.0 Å². The van der Waals surface area contributed by atoms with Gasteiger partial charge in [0, 0.05) is 6.54 Å². The number of carbonyl (C=O) groups is 1. The van der Waals surface area contributed by atoms with Crippen molar-refractivity contribution >= 4 is 17.5 Å². The van der Waals surface area contributed by atoms with Crippen LogP contribution in [-0.4, -0.2) is 38.6 Å². The van der Waals surface area contributed by atoms with Crippen molar-refractivity contribution in [3.05, 3.63) is 41.2 Å². The molecule has 0 aliphatic heterocycles. The maximum Gasteiger partial charge on any atom is 0.490 e. The van der Waals surface area contributed by atoms with Crippen molar-refractivity contribution in [2.24, 2.45) is 10.7 Å². The Morgan fingerprint density at radius 1 is 1.21 bits per heavy atom. The number of alkyl halides is 6. The number of hydrogen-bond donors (Lipinski definition) is 4. The maximum absolute atomic E-state index is 12.6. The zero-order valence-electron chi connectivity index (χ0n) is 13.4. The van der Waals surface area contributed by atoms with Crippen LogP contribution in [-0.2, 0) is 17.5 Å². The van der Waals surface area contributed by atoms with Crippen LogP contribution in [0.15, 0.2) is 33.9 Å². The van der Waals surface area contributed by atoms with Gasteiger partial charge in [0.25, 0.3) is 0 Å². The summed E-state index contributed by atoms with van der Waals surface area (Å²) in [5.41, 5.74) is 6.43. The van der Waals surface area contributed by atoms with Crippen molar-refractivity contribution in [1.29, 1.82) is 0 Å². The Hall–Kier alpha value is -3.20. The molecule has 0 spiro atoms. The van der Waals surface area contributed by atoms with Gasteiger partial charge in [0.05, 0.1) is 11.3 Å². The minimum atomic E-state index is -5.08. The van der Waals surface area contributed by atoms with Crippen LogP contribution in [0.5, 0.6) is 0 Å². The molecule has 0 bridgehead atoms. The highest BCUT2D eigenvalue weighted by Crippen LogP contribution is 2.31. The van der Waals surface area contributed by atoms with E-state index in [-0.39, 0.29) is 29.5 Å². The van der Waals surface area contributed by atoms with Crippen LogP contribution in [0.3, 0.4) is 0 Å². The molecule has 2 rings (SSSR count). The number of aliphatic imine (C=N–C) groups is 1. The molecule has 0 aliphatic carbocycles. The lowest BCUT2D eigenvalue weighted by molar-refractivity contribution is -0.192. The zero-order valence-corrected chi connectivity index (χ0v) is 13.4. The second-order valence-electron chi connectivity index (χ2n) is 4.69. The van der Waals surface area contributed by atoms with Crippen molar-refractivity contribution in [3.63, 3.8) is 0 Å². The van der Waals surface area contributed by atoms with Gasteiger partial charge in [-0.05, 0) is 23.4 Å². The summed E-state index contributed by atoms with van der Waals surface area (Å²) in [4.78, 5) is 12.7. The van der Waals surface area contributed by atoms with E-state index in [9.17, 15) is 26.3 Å². The summed E-state index contributed by atoms with van der Waals surface area (Å²) in [6.45, 7) is -0.0396. The SMILES string of the molecule is NCc1nonc1C(=Nc1cccc(C(F)(F)F)c1)NO.O=C(O)C(F)(F)F. The quantitative estimate of drug-likeness (QED) is 0.258. The Labute approximate surface area is 151 Å². The number of carboxylic acids is 1. The first-order chi connectivity index (χ1) is 12.9. The van der Waals surface area contributed by atoms with Crippen LogP contribution < -0.4 is 11.2 Å². The lowest BCUT2D eigenvalue weighted by Gasteiger charge is -2.07. The fourth-order valence-electron chi connectivity index (χ4n) is 1.53. The van der Waals surface area contributed by atoms with E-state index in [1.165, 1.54) is 12.1 Å². The number of halogens is 6. The number of nitrogens with two attached hydrogens (primary N) is 1. The topological polar surface area (TPSA) is 147 Å². The summed E-state index contributed by atoms with van der Waals surface area (Å²) in [6.07, 6.45) is -9.57. The van der Waals surface area contributed by atoms with Gasteiger partial charge in [0.2, 0.25) is 0 Å². The van der Waals surface area contributed by atoms with E-state index < -0.39 is 23.9 Å². The van der Waals surface area contributed by atoms with Crippen LogP contribution in [0.1, 0.15) is 17.0 Å². The highest BCUT2D eigenvalue weighted by molar-refractivity contribution is 5.98. The number of amidine groups is 1. The van der Waals surface area contributed by atoms with Crippen molar-refractivity contribution in [1.82, 2.24) is 15.8 Å². The molecule has 9 nitrogen and oxygen atoms in total. The molecule has 28 heavy (non-hydrogen) atoms. The third-order valence-electron chi connectivity index (χ3n) is 2.74. The number of carboxylic acid groups (broad SMARTS) is 1. The first-order valence-electron chi connectivity index (χ1n) is 6.88. The lowest BCUT2D eigenvalue weighted by Crippen LogP contribution is -2.22. The van der Waals surface area contributed by atoms with Gasteiger partial charge >= 0.3 is 18.3 Å². The summed E-state index contributed by atoms with van der Waals surface area (Å²) in [5.74, 6) is -2.98. The van der Waals surface area contributed by atoms with E-state index in [0.29, 0.717) is 0 Å². The van der Waals surface area contributed by atoms with E-state index in [1.54, 1.807) is 5.48 Å². The molecule has 0 amide bonds.